The van der Waals surface area contributed by atoms with Crippen LogP contribution in [0.2, 0.25) is 0 Å². The van der Waals surface area contributed by atoms with Crippen molar-refractivity contribution in [3.8, 4) is 0 Å². The minimum absolute atomic E-state index is 0.587. The molecule has 0 aliphatic heterocycles. The Bertz CT molecular complexity index is 151. The van der Waals surface area contributed by atoms with Gasteiger partial charge >= 0.3 is 0 Å². The summed E-state index contributed by atoms with van der Waals surface area (Å²) in [6, 6.07) is 0.587. The molecular formula is C13H30N2O. The highest BCUT2D eigenvalue weighted by Gasteiger charge is 2.11. The average molecular weight is 230 g/mol. The second-order valence-corrected chi connectivity index (χ2v) is 4.73. The predicted molar refractivity (Wildman–Crippen MR) is 70.9 cm³/mol. The molecule has 0 aliphatic carbocycles. The first-order valence-corrected chi connectivity index (χ1v) is 6.64. The van der Waals surface area contributed by atoms with E-state index in [1.165, 1.54) is 0 Å². The third-order valence-corrected chi connectivity index (χ3v) is 2.75. The van der Waals surface area contributed by atoms with E-state index < -0.39 is 0 Å². The summed E-state index contributed by atoms with van der Waals surface area (Å²) in [4.78, 5) is 2.46. The van der Waals surface area contributed by atoms with E-state index in [1.807, 2.05) is 6.92 Å². The van der Waals surface area contributed by atoms with E-state index >= 15 is 0 Å². The molecule has 3 nitrogen and oxygen atoms in total. The largest absolute Gasteiger partial charge is 0.380 e. The highest BCUT2D eigenvalue weighted by Crippen LogP contribution is 1.98. The number of rotatable bonds is 10. The number of ether oxygens (including phenoxy) is 1. The van der Waals surface area contributed by atoms with Crippen molar-refractivity contribution in [2.75, 3.05) is 39.4 Å². The smallest absolute Gasteiger partial charge is 0.0593 e. The molecular weight excluding hydrogens is 200 g/mol. The van der Waals surface area contributed by atoms with Crippen LogP contribution in [0, 0.1) is 5.92 Å². The molecule has 0 heterocycles. The number of hydrogen-bond donors (Lipinski definition) is 1. The van der Waals surface area contributed by atoms with Crippen molar-refractivity contribution in [3.63, 3.8) is 0 Å². The van der Waals surface area contributed by atoms with E-state index in [0.717, 1.165) is 45.3 Å². The Hall–Kier alpha value is -0.120. The fourth-order valence-corrected chi connectivity index (χ4v) is 1.73. The quantitative estimate of drug-likeness (QED) is 0.581. The van der Waals surface area contributed by atoms with Crippen molar-refractivity contribution < 1.29 is 4.74 Å². The van der Waals surface area contributed by atoms with Crippen molar-refractivity contribution >= 4 is 0 Å². The lowest BCUT2D eigenvalue weighted by molar-refractivity contribution is 0.0997. The van der Waals surface area contributed by atoms with E-state index in [2.05, 4.69) is 37.9 Å². The summed E-state index contributed by atoms with van der Waals surface area (Å²) < 4.78 is 5.40. The first-order valence-electron chi connectivity index (χ1n) is 6.64. The van der Waals surface area contributed by atoms with E-state index in [9.17, 15) is 0 Å². The maximum Gasteiger partial charge on any atom is 0.0593 e. The first kappa shape index (κ1) is 15.9. The van der Waals surface area contributed by atoms with Gasteiger partial charge in [-0.3, -0.25) is 4.90 Å². The van der Waals surface area contributed by atoms with Crippen LogP contribution in [0.25, 0.3) is 0 Å². The summed E-state index contributed by atoms with van der Waals surface area (Å²) in [5.74, 6) is 0.728. The Labute approximate surface area is 102 Å². The van der Waals surface area contributed by atoms with Gasteiger partial charge in [0.15, 0.2) is 0 Å². The molecule has 98 valence electrons. The molecule has 1 unspecified atom stereocenters. The minimum atomic E-state index is 0.587. The molecule has 0 aliphatic rings. The Morgan fingerprint density at radius 3 is 2.31 bits per heavy atom. The summed E-state index contributed by atoms with van der Waals surface area (Å²) >= 11 is 0. The van der Waals surface area contributed by atoms with Crippen LogP contribution in [0.15, 0.2) is 0 Å². The minimum Gasteiger partial charge on any atom is -0.380 e. The lowest BCUT2D eigenvalue weighted by Crippen LogP contribution is -2.42. The van der Waals surface area contributed by atoms with Crippen molar-refractivity contribution in [2.45, 2.75) is 40.7 Å². The molecule has 0 saturated heterocycles. The van der Waals surface area contributed by atoms with E-state index in [0.29, 0.717) is 6.04 Å². The van der Waals surface area contributed by atoms with E-state index in [1.54, 1.807) is 0 Å². The maximum atomic E-state index is 5.40. The van der Waals surface area contributed by atoms with Gasteiger partial charge in [0, 0.05) is 25.7 Å². The van der Waals surface area contributed by atoms with Gasteiger partial charge < -0.3 is 10.1 Å². The van der Waals surface area contributed by atoms with Gasteiger partial charge in [-0.1, -0.05) is 20.8 Å². The molecule has 0 bridgehead atoms. The molecule has 0 aromatic carbocycles. The lowest BCUT2D eigenvalue weighted by atomic mass is 10.2. The maximum absolute atomic E-state index is 5.40. The molecule has 1 N–H and O–H groups in total. The molecule has 0 rings (SSSR count). The molecule has 0 aromatic rings. The van der Waals surface area contributed by atoms with Gasteiger partial charge in [-0.15, -0.1) is 0 Å². The number of nitrogens with zero attached hydrogens (tertiary/aromatic N) is 1. The fraction of sp³-hybridized carbons (Fsp3) is 1.00. The van der Waals surface area contributed by atoms with Crippen LogP contribution >= 0.6 is 0 Å². The zero-order valence-corrected chi connectivity index (χ0v) is 11.8. The third-order valence-electron chi connectivity index (χ3n) is 2.75. The molecule has 0 radical (unpaired) electrons. The Kier molecular flexibility index (Phi) is 9.99. The zero-order valence-electron chi connectivity index (χ0n) is 11.8. The van der Waals surface area contributed by atoms with Gasteiger partial charge in [-0.25, -0.2) is 0 Å². The summed E-state index contributed by atoms with van der Waals surface area (Å²) in [6.07, 6.45) is 0. The van der Waals surface area contributed by atoms with Gasteiger partial charge in [0.1, 0.15) is 0 Å². The Morgan fingerprint density at radius 2 is 1.81 bits per heavy atom. The average Bonchev–Trinajstić information content (AvgIpc) is 2.23. The monoisotopic (exact) mass is 230 g/mol. The zero-order chi connectivity index (χ0) is 12.4. The SMILES string of the molecule is CCOCCN(CC)C(C)CNCC(C)C. The highest BCUT2D eigenvalue weighted by atomic mass is 16.5. The van der Waals surface area contributed by atoms with Gasteiger partial charge in [0.2, 0.25) is 0 Å². The van der Waals surface area contributed by atoms with Crippen LogP contribution in [0.1, 0.15) is 34.6 Å². The molecule has 0 fully saturated rings. The van der Waals surface area contributed by atoms with Crippen molar-refractivity contribution in [2.24, 2.45) is 5.92 Å². The molecule has 0 aromatic heterocycles. The Balaban J connectivity index is 3.68. The molecule has 0 spiro atoms. The molecule has 16 heavy (non-hydrogen) atoms. The van der Waals surface area contributed by atoms with Crippen LogP contribution < -0.4 is 5.32 Å². The molecule has 1 atom stereocenters. The van der Waals surface area contributed by atoms with E-state index in [-0.39, 0.29) is 0 Å². The van der Waals surface area contributed by atoms with Gasteiger partial charge in [-0.2, -0.15) is 0 Å². The lowest BCUT2D eigenvalue weighted by Gasteiger charge is -2.28. The van der Waals surface area contributed by atoms with Crippen LogP contribution in [-0.2, 0) is 4.74 Å². The standard InChI is InChI=1S/C13H30N2O/c1-6-15(8-9-16-7-2)13(5)11-14-10-12(3)4/h12-14H,6-11H2,1-5H3. The van der Waals surface area contributed by atoms with E-state index in [4.69, 9.17) is 4.74 Å². The van der Waals surface area contributed by atoms with Crippen molar-refractivity contribution in [3.05, 3.63) is 0 Å². The number of nitrogens with one attached hydrogen (secondary N) is 1. The highest BCUT2D eigenvalue weighted by molar-refractivity contribution is 4.68. The van der Waals surface area contributed by atoms with Gasteiger partial charge in [0.05, 0.1) is 6.61 Å². The Morgan fingerprint density at radius 1 is 1.12 bits per heavy atom. The second-order valence-electron chi connectivity index (χ2n) is 4.73. The van der Waals surface area contributed by atoms with Crippen LogP contribution in [0.4, 0.5) is 0 Å². The van der Waals surface area contributed by atoms with Crippen LogP contribution in [0.3, 0.4) is 0 Å². The molecule has 0 saturated carbocycles. The van der Waals surface area contributed by atoms with Gasteiger partial charge in [0.25, 0.3) is 0 Å². The molecule has 0 amide bonds. The topological polar surface area (TPSA) is 24.5 Å². The van der Waals surface area contributed by atoms with Crippen LogP contribution in [0.5, 0.6) is 0 Å². The summed E-state index contributed by atoms with van der Waals surface area (Å²) in [5.41, 5.74) is 0. The number of hydrogen-bond acceptors (Lipinski definition) is 3. The number of likely N-dealkylation sites (N-methyl/N-ethyl adjacent to an activating group) is 1. The van der Waals surface area contributed by atoms with Crippen LogP contribution in [-0.4, -0.2) is 50.3 Å². The first-order chi connectivity index (χ1) is 7.61. The normalized spacial score (nSPS) is 13.7. The summed E-state index contributed by atoms with van der Waals surface area (Å²) in [5, 5.41) is 3.51. The van der Waals surface area contributed by atoms with Crippen molar-refractivity contribution in [1.82, 2.24) is 10.2 Å². The predicted octanol–water partition coefficient (Wildman–Crippen LogP) is 1.98. The summed E-state index contributed by atoms with van der Waals surface area (Å²) in [6.45, 7) is 17.0. The summed E-state index contributed by atoms with van der Waals surface area (Å²) in [7, 11) is 0. The third kappa shape index (κ3) is 8.08. The fourth-order valence-electron chi connectivity index (χ4n) is 1.73. The van der Waals surface area contributed by atoms with Gasteiger partial charge in [-0.05, 0) is 32.9 Å². The van der Waals surface area contributed by atoms with Crippen molar-refractivity contribution in [1.29, 1.82) is 0 Å². The molecule has 3 heteroatoms. The second kappa shape index (κ2) is 10.1.